The minimum Gasteiger partial charge on any atom is -0.487 e. The lowest BCUT2D eigenvalue weighted by Crippen LogP contribution is -2.24. The Labute approximate surface area is 84.1 Å². The summed E-state index contributed by atoms with van der Waals surface area (Å²) in [6.45, 7) is 7.33. The van der Waals surface area contributed by atoms with Crippen LogP contribution in [0.25, 0.3) is 0 Å². The number of Topliss-reactive ketones (excluding diaryl/α,β-unsaturated/α-hetero) is 1. The molecule has 0 saturated carbocycles. The Morgan fingerprint density at radius 1 is 1.43 bits per heavy atom. The Balaban J connectivity index is 3.02. The van der Waals surface area contributed by atoms with Gasteiger partial charge < -0.3 is 4.74 Å². The van der Waals surface area contributed by atoms with Crippen molar-refractivity contribution in [1.29, 1.82) is 0 Å². The molecule has 1 aromatic heterocycles. The van der Waals surface area contributed by atoms with Crippen LogP contribution in [-0.4, -0.2) is 16.4 Å². The first-order chi connectivity index (χ1) is 6.40. The van der Waals surface area contributed by atoms with Crippen LogP contribution in [0.2, 0.25) is 0 Å². The molecule has 3 nitrogen and oxygen atoms in total. The molecule has 0 aliphatic heterocycles. The van der Waals surface area contributed by atoms with Crippen molar-refractivity contribution in [2.45, 2.75) is 33.3 Å². The van der Waals surface area contributed by atoms with Gasteiger partial charge in [0.15, 0.2) is 5.78 Å². The van der Waals surface area contributed by atoms with E-state index in [1.807, 2.05) is 20.8 Å². The first-order valence-electron chi connectivity index (χ1n) is 4.54. The smallest absolute Gasteiger partial charge is 0.165 e. The van der Waals surface area contributed by atoms with Crippen molar-refractivity contribution < 1.29 is 9.53 Å². The molecule has 76 valence electrons. The van der Waals surface area contributed by atoms with Crippen molar-refractivity contribution in [3.63, 3.8) is 0 Å². The van der Waals surface area contributed by atoms with Crippen LogP contribution in [0.5, 0.6) is 5.75 Å². The molecule has 0 radical (unpaired) electrons. The molecule has 0 fully saturated rings. The lowest BCUT2D eigenvalue weighted by molar-refractivity contribution is 0.0990. The molecule has 14 heavy (non-hydrogen) atoms. The Morgan fingerprint density at radius 3 is 2.57 bits per heavy atom. The summed E-state index contributed by atoms with van der Waals surface area (Å²) in [6, 6.07) is 1.71. The SMILES string of the molecule is CC(=O)c1cnccc1OC(C)(C)C. The summed E-state index contributed by atoms with van der Waals surface area (Å²) in [4.78, 5) is 15.1. The maximum absolute atomic E-state index is 11.2. The minimum atomic E-state index is -0.300. The Kier molecular flexibility index (Phi) is 2.89. The van der Waals surface area contributed by atoms with Gasteiger partial charge in [0.05, 0.1) is 5.56 Å². The van der Waals surface area contributed by atoms with E-state index in [0.29, 0.717) is 11.3 Å². The Morgan fingerprint density at radius 2 is 2.07 bits per heavy atom. The Bertz CT molecular complexity index is 339. The number of ether oxygens (including phenoxy) is 1. The van der Waals surface area contributed by atoms with E-state index in [1.54, 1.807) is 12.3 Å². The van der Waals surface area contributed by atoms with Crippen molar-refractivity contribution in [2.75, 3.05) is 0 Å². The molecule has 1 aromatic rings. The minimum absolute atomic E-state index is 0.0302. The topological polar surface area (TPSA) is 39.2 Å². The van der Waals surface area contributed by atoms with Gasteiger partial charge >= 0.3 is 0 Å². The summed E-state index contributed by atoms with van der Waals surface area (Å²) >= 11 is 0. The van der Waals surface area contributed by atoms with Crippen LogP contribution in [0, 0.1) is 0 Å². The number of ketones is 1. The lowest BCUT2D eigenvalue weighted by atomic mass is 10.1. The number of hydrogen-bond acceptors (Lipinski definition) is 3. The molecule has 1 heterocycles. The number of aromatic nitrogens is 1. The van der Waals surface area contributed by atoms with Crippen LogP contribution in [0.3, 0.4) is 0 Å². The van der Waals surface area contributed by atoms with Gasteiger partial charge in [-0.05, 0) is 33.8 Å². The van der Waals surface area contributed by atoms with E-state index in [-0.39, 0.29) is 11.4 Å². The van der Waals surface area contributed by atoms with E-state index in [2.05, 4.69) is 4.98 Å². The first-order valence-corrected chi connectivity index (χ1v) is 4.54. The van der Waals surface area contributed by atoms with Crippen LogP contribution in [0.15, 0.2) is 18.5 Å². The van der Waals surface area contributed by atoms with Crippen LogP contribution in [-0.2, 0) is 0 Å². The average Bonchev–Trinajstić information content (AvgIpc) is 2.01. The molecule has 0 atom stereocenters. The van der Waals surface area contributed by atoms with Crippen molar-refractivity contribution in [2.24, 2.45) is 0 Å². The average molecular weight is 193 g/mol. The summed E-state index contributed by atoms with van der Waals surface area (Å²) in [5.74, 6) is 0.567. The van der Waals surface area contributed by atoms with Gasteiger partial charge in [0.2, 0.25) is 0 Å². The number of rotatable bonds is 2. The highest BCUT2D eigenvalue weighted by molar-refractivity contribution is 5.96. The third-order valence-corrected chi connectivity index (χ3v) is 1.58. The largest absolute Gasteiger partial charge is 0.487 e. The fourth-order valence-corrected chi connectivity index (χ4v) is 1.06. The second kappa shape index (κ2) is 3.78. The van der Waals surface area contributed by atoms with Gasteiger partial charge in [-0.15, -0.1) is 0 Å². The van der Waals surface area contributed by atoms with Crippen molar-refractivity contribution in [3.05, 3.63) is 24.0 Å². The third-order valence-electron chi connectivity index (χ3n) is 1.58. The monoisotopic (exact) mass is 193 g/mol. The van der Waals surface area contributed by atoms with E-state index in [9.17, 15) is 4.79 Å². The quantitative estimate of drug-likeness (QED) is 0.677. The molecule has 0 bridgehead atoms. The van der Waals surface area contributed by atoms with Gasteiger partial charge in [-0.1, -0.05) is 0 Å². The van der Waals surface area contributed by atoms with E-state index in [1.165, 1.54) is 13.1 Å². The zero-order chi connectivity index (χ0) is 10.8. The number of hydrogen-bond donors (Lipinski definition) is 0. The third kappa shape index (κ3) is 2.83. The summed E-state index contributed by atoms with van der Waals surface area (Å²) in [5.41, 5.74) is 0.230. The van der Waals surface area contributed by atoms with Gasteiger partial charge in [-0.25, -0.2) is 0 Å². The van der Waals surface area contributed by atoms with Crippen molar-refractivity contribution >= 4 is 5.78 Å². The molecular formula is C11H15NO2. The molecule has 0 aliphatic rings. The maximum Gasteiger partial charge on any atom is 0.165 e. The van der Waals surface area contributed by atoms with Gasteiger partial charge in [-0.3, -0.25) is 9.78 Å². The molecule has 0 aliphatic carbocycles. The first kappa shape index (κ1) is 10.7. The summed E-state index contributed by atoms with van der Waals surface area (Å²) in [7, 11) is 0. The van der Waals surface area contributed by atoms with Gasteiger partial charge in [0.1, 0.15) is 11.4 Å². The highest BCUT2D eigenvalue weighted by Gasteiger charge is 2.16. The number of pyridine rings is 1. The molecule has 0 saturated heterocycles. The predicted molar refractivity (Wildman–Crippen MR) is 54.6 cm³/mol. The molecule has 0 unspecified atom stereocenters. The predicted octanol–water partition coefficient (Wildman–Crippen LogP) is 2.46. The molecule has 0 aromatic carbocycles. The number of carbonyl (C=O) groups is 1. The molecule has 0 spiro atoms. The number of carbonyl (C=O) groups excluding carboxylic acids is 1. The second-order valence-electron chi connectivity index (χ2n) is 4.14. The molecule has 0 amide bonds. The Hall–Kier alpha value is -1.38. The van der Waals surface area contributed by atoms with Gasteiger partial charge in [0, 0.05) is 12.4 Å². The van der Waals surface area contributed by atoms with Gasteiger partial charge in [0.25, 0.3) is 0 Å². The van der Waals surface area contributed by atoms with Gasteiger partial charge in [-0.2, -0.15) is 0 Å². The second-order valence-corrected chi connectivity index (χ2v) is 4.14. The van der Waals surface area contributed by atoms with Crippen molar-refractivity contribution in [1.82, 2.24) is 4.98 Å². The van der Waals surface area contributed by atoms with E-state index in [0.717, 1.165) is 0 Å². The van der Waals surface area contributed by atoms with Crippen molar-refractivity contribution in [3.8, 4) is 5.75 Å². The summed E-state index contributed by atoms with van der Waals surface area (Å²) < 4.78 is 5.63. The number of nitrogens with zero attached hydrogens (tertiary/aromatic N) is 1. The van der Waals surface area contributed by atoms with Crippen LogP contribution in [0.4, 0.5) is 0 Å². The highest BCUT2D eigenvalue weighted by atomic mass is 16.5. The zero-order valence-electron chi connectivity index (χ0n) is 9.00. The molecule has 0 N–H and O–H groups in total. The van der Waals surface area contributed by atoms with Crippen LogP contribution in [0.1, 0.15) is 38.1 Å². The standard InChI is InChI=1S/C11H15NO2/c1-8(13)9-7-12-6-5-10(9)14-11(2,3)4/h5-7H,1-4H3. The normalized spacial score (nSPS) is 11.1. The fraction of sp³-hybridized carbons (Fsp3) is 0.455. The molecule has 1 rings (SSSR count). The maximum atomic E-state index is 11.2. The highest BCUT2D eigenvalue weighted by Crippen LogP contribution is 2.22. The fourth-order valence-electron chi connectivity index (χ4n) is 1.06. The van der Waals surface area contributed by atoms with E-state index < -0.39 is 0 Å². The zero-order valence-corrected chi connectivity index (χ0v) is 9.00. The van der Waals surface area contributed by atoms with E-state index >= 15 is 0 Å². The summed E-state index contributed by atoms with van der Waals surface area (Å²) in [5, 5.41) is 0. The molecule has 3 heteroatoms. The van der Waals surface area contributed by atoms with E-state index in [4.69, 9.17) is 4.74 Å². The molecular weight excluding hydrogens is 178 g/mol. The summed E-state index contributed by atoms with van der Waals surface area (Å²) in [6.07, 6.45) is 3.15. The lowest BCUT2D eigenvalue weighted by Gasteiger charge is -2.22. The van der Waals surface area contributed by atoms with Crippen LogP contribution >= 0.6 is 0 Å². The van der Waals surface area contributed by atoms with Crippen LogP contribution < -0.4 is 4.74 Å².